The Hall–Kier alpha value is -3.63. The molecule has 0 saturated carbocycles. The fourth-order valence-electron chi connectivity index (χ4n) is 4.11. The van der Waals surface area contributed by atoms with Crippen LogP contribution in [-0.4, -0.2) is 63.6 Å². The van der Waals surface area contributed by atoms with E-state index in [4.69, 9.17) is 0 Å². The van der Waals surface area contributed by atoms with Crippen LogP contribution in [-0.2, 0) is 19.2 Å². The van der Waals surface area contributed by atoms with Gasteiger partial charge in [-0.15, -0.1) is 0 Å². The first kappa shape index (κ1) is 24.0. The van der Waals surface area contributed by atoms with Crippen molar-refractivity contribution in [2.45, 2.75) is 45.4 Å². The molecule has 2 aliphatic heterocycles. The normalized spacial score (nSPS) is 22.4. The summed E-state index contributed by atoms with van der Waals surface area (Å²) in [6, 6.07) is 1.35. The SMILES string of the molecule is CCCCN1C(=O)NC(=O)C(C(c2ccncc2)C2C(=O)NC(=O)N(CCCC)C2=O)C1=O. The third-order valence-corrected chi connectivity index (χ3v) is 5.86. The Morgan fingerprint density at radius 2 is 1.21 bits per heavy atom. The third kappa shape index (κ3) is 4.76. The lowest BCUT2D eigenvalue weighted by molar-refractivity contribution is -0.148. The summed E-state index contributed by atoms with van der Waals surface area (Å²) in [6.07, 6.45) is 5.31. The van der Waals surface area contributed by atoms with Gasteiger partial charge in [0.05, 0.1) is 0 Å². The standard InChI is InChI=1S/C22H27N5O6/c1-3-5-11-26-19(30)15(17(28)24-21(26)32)14(13-7-9-23-10-8-13)16-18(29)25-22(33)27(20(16)31)12-6-4-2/h7-10,14-16H,3-6,11-12H2,1-2H3,(H,24,28,32)(H,25,29,33). The number of carbonyl (C=O) groups excluding carboxylic acids is 6. The minimum Gasteiger partial charge on any atom is -0.277 e. The summed E-state index contributed by atoms with van der Waals surface area (Å²) in [7, 11) is 0. The number of hydrogen-bond donors (Lipinski definition) is 2. The van der Waals surface area contributed by atoms with Gasteiger partial charge in [0.1, 0.15) is 11.8 Å². The van der Waals surface area contributed by atoms with Crippen LogP contribution in [0, 0.1) is 11.8 Å². The van der Waals surface area contributed by atoms with Crippen LogP contribution in [0.1, 0.15) is 51.0 Å². The molecule has 1 aromatic rings. The van der Waals surface area contributed by atoms with E-state index in [0.29, 0.717) is 31.2 Å². The summed E-state index contributed by atoms with van der Waals surface area (Å²) < 4.78 is 0. The van der Waals surface area contributed by atoms with Crippen molar-refractivity contribution in [2.24, 2.45) is 11.8 Å². The van der Waals surface area contributed by atoms with E-state index in [1.807, 2.05) is 13.8 Å². The summed E-state index contributed by atoms with van der Waals surface area (Å²) in [6.45, 7) is 3.98. The largest absolute Gasteiger partial charge is 0.330 e. The second-order valence-corrected chi connectivity index (χ2v) is 8.04. The van der Waals surface area contributed by atoms with Crippen LogP contribution in [0.4, 0.5) is 9.59 Å². The molecule has 0 aliphatic carbocycles. The van der Waals surface area contributed by atoms with Gasteiger partial charge in [-0.2, -0.15) is 0 Å². The number of amides is 8. The van der Waals surface area contributed by atoms with E-state index in [2.05, 4.69) is 15.6 Å². The minimum atomic E-state index is -1.51. The zero-order chi connectivity index (χ0) is 24.1. The highest BCUT2D eigenvalue weighted by Gasteiger charge is 2.54. The highest BCUT2D eigenvalue weighted by Crippen LogP contribution is 2.37. The molecular weight excluding hydrogens is 430 g/mol. The zero-order valence-electron chi connectivity index (χ0n) is 18.6. The Bertz CT molecular complexity index is 907. The topological polar surface area (TPSA) is 146 Å². The molecule has 8 amide bonds. The number of aromatic nitrogens is 1. The quantitative estimate of drug-likeness (QED) is 0.529. The Labute approximate surface area is 190 Å². The first-order valence-corrected chi connectivity index (χ1v) is 11.0. The molecule has 11 heteroatoms. The number of unbranched alkanes of at least 4 members (excludes halogenated alkanes) is 2. The lowest BCUT2D eigenvalue weighted by atomic mass is 9.73. The maximum Gasteiger partial charge on any atom is 0.330 e. The number of urea groups is 2. The van der Waals surface area contributed by atoms with Gasteiger partial charge in [-0.05, 0) is 30.5 Å². The Kier molecular flexibility index (Phi) is 7.52. The molecule has 1 aromatic heterocycles. The molecule has 2 N–H and O–H groups in total. The van der Waals surface area contributed by atoms with Crippen molar-refractivity contribution in [3.8, 4) is 0 Å². The maximum atomic E-state index is 13.3. The number of pyridine rings is 1. The van der Waals surface area contributed by atoms with Crippen molar-refractivity contribution in [3.63, 3.8) is 0 Å². The second-order valence-electron chi connectivity index (χ2n) is 8.04. The second kappa shape index (κ2) is 10.3. The van der Waals surface area contributed by atoms with Gasteiger partial charge in [0, 0.05) is 31.4 Å². The van der Waals surface area contributed by atoms with Crippen LogP contribution in [0.3, 0.4) is 0 Å². The lowest BCUT2D eigenvalue weighted by Gasteiger charge is -2.39. The van der Waals surface area contributed by atoms with Crippen LogP contribution in [0.5, 0.6) is 0 Å². The number of nitrogens with one attached hydrogen (secondary N) is 2. The predicted octanol–water partition coefficient (Wildman–Crippen LogP) is 1.15. The van der Waals surface area contributed by atoms with Crippen molar-refractivity contribution in [2.75, 3.05) is 13.1 Å². The molecule has 0 spiro atoms. The van der Waals surface area contributed by atoms with E-state index in [0.717, 1.165) is 9.80 Å². The van der Waals surface area contributed by atoms with E-state index < -0.39 is 53.4 Å². The van der Waals surface area contributed by atoms with Crippen LogP contribution in [0.2, 0.25) is 0 Å². The number of carbonyl (C=O) groups is 6. The molecule has 0 radical (unpaired) electrons. The van der Waals surface area contributed by atoms with E-state index in [1.54, 1.807) is 0 Å². The molecule has 0 bridgehead atoms. The molecule has 33 heavy (non-hydrogen) atoms. The van der Waals surface area contributed by atoms with Gasteiger partial charge in [-0.3, -0.25) is 44.6 Å². The van der Waals surface area contributed by atoms with Crippen molar-refractivity contribution >= 4 is 35.7 Å². The monoisotopic (exact) mass is 457 g/mol. The fourth-order valence-corrected chi connectivity index (χ4v) is 4.11. The molecule has 0 aromatic carbocycles. The van der Waals surface area contributed by atoms with Gasteiger partial charge in [-0.25, -0.2) is 9.59 Å². The van der Waals surface area contributed by atoms with Gasteiger partial charge in [-0.1, -0.05) is 26.7 Å². The molecule has 2 aliphatic rings. The molecule has 3 heterocycles. The van der Waals surface area contributed by atoms with Gasteiger partial charge < -0.3 is 0 Å². The van der Waals surface area contributed by atoms with Crippen LogP contribution < -0.4 is 10.6 Å². The average Bonchev–Trinajstić information content (AvgIpc) is 2.78. The summed E-state index contributed by atoms with van der Waals surface area (Å²) in [5.41, 5.74) is 0.349. The molecule has 2 atom stereocenters. The van der Waals surface area contributed by atoms with Crippen LogP contribution in [0.25, 0.3) is 0 Å². The first-order valence-electron chi connectivity index (χ1n) is 11.0. The molecule has 11 nitrogen and oxygen atoms in total. The Morgan fingerprint density at radius 3 is 1.61 bits per heavy atom. The minimum absolute atomic E-state index is 0.0972. The smallest absolute Gasteiger partial charge is 0.277 e. The summed E-state index contributed by atoms with van der Waals surface area (Å²) in [4.78, 5) is 82.9. The number of nitrogens with zero attached hydrogens (tertiary/aromatic N) is 3. The van der Waals surface area contributed by atoms with E-state index >= 15 is 0 Å². The molecule has 176 valence electrons. The highest BCUT2D eigenvalue weighted by molar-refractivity contribution is 6.20. The predicted molar refractivity (Wildman–Crippen MR) is 114 cm³/mol. The Balaban J connectivity index is 2.07. The fraction of sp³-hybridized carbons (Fsp3) is 0.500. The molecular formula is C22H27N5O6. The Morgan fingerprint density at radius 1 is 0.788 bits per heavy atom. The van der Waals surface area contributed by atoms with Crippen molar-refractivity contribution in [3.05, 3.63) is 30.1 Å². The van der Waals surface area contributed by atoms with Crippen molar-refractivity contribution in [1.82, 2.24) is 25.4 Å². The van der Waals surface area contributed by atoms with Crippen LogP contribution in [0.15, 0.2) is 24.5 Å². The van der Waals surface area contributed by atoms with Gasteiger partial charge in [0.15, 0.2) is 0 Å². The van der Waals surface area contributed by atoms with Crippen molar-refractivity contribution in [1.29, 1.82) is 0 Å². The van der Waals surface area contributed by atoms with E-state index in [1.165, 1.54) is 24.5 Å². The van der Waals surface area contributed by atoms with Crippen molar-refractivity contribution < 1.29 is 28.8 Å². The number of barbiturate groups is 2. The summed E-state index contributed by atoms with van der Waals surface area (Å²) in [5, 5.41) is 4.36. The average molecular weight is 457 g/mol. The summed E-state index contributed by atoms with van der Waals surface area (Å²) >= 11 is 0. The summed E-state index contributed by atoms with van der Waals surface area (Å²) in [5.74, 6) is -7.60. The third-order valence-electron chi connectivity index (χ3n) is 5.86. The molecule has 2 unspecified atom stereocenters. The number of hydrogen-bond acceptors (Lipinski definition) is 7. The van der Waals surface area contributed by atoms with Gasteiger partial charge in [0.2, 0.25) is 23.6 Å². The highest BCUT2D eigenvalue weighted by atomic mass is 16.2. The van der Waals surface area contributed by atoms with E-state index in [9.17, 15) is 28.8 Å². The van der Waals surface area contributed by atoms with E-state index in [-0.39, 0.29) is 13.1 Å². The zero-order valence-corrected chi connectivity index (χ0v) is 18.6. The maximum absolute atomic E-state index is 13.3. The van der Waals surface area contributed by atoms with Gasteiger partial charge in [0.25, 0.3) is 0 Å². The van der Waals surface area contributed by atoms with Crippen LogP contribution >= 0.6 is 0 Å². The molecule has 2 saturated heterocycles. The molecule has 2 fully saturated rings. The first-order chi connectivity index (χ1) is 15.8. The van der Waals surface area contributed by atoms with Gasteiger partial charge >= 0.3 is 12.1 Å². The molecule has 3 rings (SSSR count). The number of rotatable bonds is 9. The lowest BCUT2D eigenvalue weighted by Crippen LogP contribution is -2.64. The number of imide groups is 4.